The van der Waals surface area contributed by atoms with E-state index in [-0.39, 0.29) is 9.92 Å². The summed E-state index contributed by atoms with van der Waals surface area (Å²) in [6.07, 6.45) is 1.92. The second-order valence-electron chi connectivity index (χ2n) is 4.47. The Morgan fingerprint density at radius 1 is 1.28 bits per heavy atom. The van der Waals surface area contributed by atoms with Crippen LogP contribution in [0.4, 0.5) is 0 Å². The minimum Gasteiger partial charge on any atom is -0.211 e. The average Bonchev–Trinajstić information content (AvgIpc) is 2.29. The molecule has 0 unspecified atom stereocenters. The monoisotopic (exact) mass is 289 g/mol. The largest absolute Gasteiger partial charge is 0.242 e. The van der Waals surface area contributed by atoms with Crippen LogP contribution < -0.4 is 4.72 Å². The Morgan fingerprint density at radius 3 is 2.39 bits per heavy atom. The molecule has 0 amide bonds. The Kier molecular flexibility index (Phi) is 5.63. The molecule has 0 aliphatic rings. The quantitative estimate of drug-likeness (QED) is 0.873. The molecule has 3 nitrogen and oxygen atoms in total. The second-order valence-corrected chi connectivity index (χ2v) is 6.61. The van der Waals surface area contributed by atoms with E-state index in [2.05, 4.69) is 18.6 Å². The van der Waals surface area contributed by atoms with Gasteiger partial charge in [-0.05, 0) is 30.5 Å². The Labute approximate surface area is 115 Å². The molecule has 0 saturated carbocycles. The average molecular weight is 290 g/mol. The number of hydrogen-bond donors (Lipinski definition) is 1. The third kappa shape index (κ3) is 3.97. The smallest absolute Gasteiger partial charge is 0.211 e. The number of halogens is 1. The van der Waals surface area contributed by atoms with E-state index in [0.717, 1.165) is 18.4 Å². The van der Waals surface area contributed by atoms with Gasteiger partial charge < -0.3 is 0 Å². The summed E-state index contributed by atoms with van der Waals surface area (Å²) in [5, 5.41) is 0.270. The van der Waals surface area contributed by atoms with Crippen molar-refractivity contribution < 1.29 is 8.42 Å². The fourth-order valence-corrected chi connectivity index (χ4v) is 3.42. The zero-order valence-electron chi connectivity index (χ0n) is 11.0. The predicted molar refractivity (Wildman–Crippen MR) is 75.4 cm³/mol. The topological polar surface area (TPSA) is 46.2 Å². The van der Waals surface area contributed by atoms with Gasteiger partial charge in [0.25, 0.3) is 0 Å². The van der Waals surface area contributed by atoms with Crippen molar-refractivity contribution in [2.75, 3.05) is 6.54 Å². The molecule has 0 radical (unpaired) electrons. The predicted octanol–water partition coefficient (Wildman–Crippen LogP) is 3.36. The van der Waals surface area contributed by atoms with Gasteiger partial charge >= 0.3 is 0 Å². The normalized spacial score (nSPS) is 12.1. The Bertz CT molecular complexity index is 496. The molecule has 0 aromatic heterocycles. The van der Waals surface area contributed by atoms with E-state index in [0.29, 0.717) is 12.5 Å². The van der Waals surface area contributed by atoms with Gasteiger partial charge in [-0.25, -0.2) is 13.1 Å². The molecule has 0 aliphatic heterocycles. The van der Waals surface area contributed by atoms with Gasteiger partial charge in [0.05, 0.1) is 5.02 Å². The van der Waals surface area contributed by atoms with Crippen LogP contribution in [0.1, 0.15) is 32.3 Å². The van der Waals surface area contributed by atoms with Gasteiger partial charge in [0.1, 0.15) is 4.90 Å². The van der Waals surface area contributed by atoms with Crippen molar-refractivity contribution in [3.63, 3.8) is 0 Å². The van der Waals surface area contributed by atoms with Crippen molar-refractivity contribution in [2.24, 2.45) is 5.92 Å². The molecule has 1 aromatic rings. The van der Waals surface area contributed by atoms with E-state index in [1.54, 1.807) is 18.2 Å². The van der Waals surface area contributed by atoms with E-state index in [9.17, 15) is 8.42 Å². The number of benzene rings is 1. The molecule has 0 fully saturated rings. The zero-order chi connectivity index (χ0) is 13.8. The molecule has 0 spiro atoms. The van der Waals surface area contributed by atoms with Gasteiger partial charge in [0.2, 0.25) is 10.0 Å². The molecule has 1 N–H and O–H groups in total. The lowest BCUT2D eigenvalue weighted by Gasteiger charge is -2.14. The van der Waals surface area contributed by atoms with Gasteiger partial charge in [-0.3, -0.25) is 0 Å². The van der Waals surface area contributed by atoms with Crippen molar-refractivity contribution in [1.29, 1.82) is 0 Å². The number of sulfonamides is 1. The van der Waals surface area contributed by atoms with Gasteiger partial charge in [-0.1, -0.05) is 44.4 Å². The molecule has 0 bridgehead atoms. The Balaban J connectivity index is 2.86. The molecule has 0 atom stereocenters. The van der Waals surface area contributed by atoms with E-state index >= 15 is 0 Å². The van der Waals surface area contributed by atoms with Gasteiger partial charge in [0, 0.05) is 6.54 Å². The van der Waals surface area contributed by atoms with Gasteiger partial charge in [-0.15, -0.1) is 0 Å². The van der Waals surface area contributed by atoms with Crippen molar-refractivity contribution >= 4 is 21.6 Å². The van der Waals surface area contributed by atoms with Crippen molar-refractivity contribution in [1.82, 2.24) is 4.72 Å². The Morgan fingerprint density at radius 2 is 1.89 bits per heavy atom. The van der Waals surface area contributed by atoms with Gasteiger partial charge in [0.15, 0.2) is 0 Å². The number of nitrogens with one attached hydrogen (secondary N) is 1. The summed E-state index contributed by atoms with van der Waals surface area (Å²) >= 11 is 5.98. The molecule has 5 heteroatoms. The maximum Gasteiger partial charge on any atom is 0.242 e. The van der Waals surface area contributed by atoms with Crippen LogP contribution in [0.3, 0.4) is 0 Å². The molecule has 18 heavy (non-hydrogen) atoms. The van der Waals surface area contributed by atoms with Crippen LogP contribution >= 0.6 is 11.6 Å². The van der Waals surface area contributed by atoms with Crippen LogP contribution in [-0.2, 0) is 10.0 Å². The third-order valence-electron chi connectivity index (χ3n) is 3.09. The first-order valence-electron chi connectivity index (χ1n) is 6.16. The first kappa shape index (κ1) is 15.5. The molecular formula is C13H20ClNO2S. The van der Waals surface area contributed by atoms with Crippen LogP contribution in [0.5, 0.6) is 0 Å². The molecular weight excluding hydrogens is 270 g/mol. The number of hydrogen-bond acceptors (Lipinski definition) is 2. The highest BCUT2D eigenvalue weighted by atomic mass is 35.5. The summed E-state index contributed by atoms with van der Waals surface area (Å²) in [7, 11) is -3.50. The summed E-state index contributed by atoms with van der Waals surface area (Å²) < 4.78 is 26.8. The molecule has 102 valence electrons. The summed E-state index contributed by atoms with van der Waals surface area (Å²) in [5.41, 5.74) is 0.943. The number of aryl methyl sites for hydroxylation is 1. The first-order valence-corrected chi connectivity index (χ1v) is 8.02. The van der Waals surface area contributed by atoms with Crippen LogP contribution in [0.25, 0.3) is 0 Å². The van der Waals surface area contributed by atoms with E-state index in [4.69, 9.17) is 11.6 Å². The maximum atomic E-state index is 12.1. The summed E-state index contributed by atoms with van der Waals surface area (Å²) in [6, 6.07) is 4.96. The fraction of sp³-hybridized carbons (Fsp3) is 0.538. The Hall–Kier alpha value is -0.580. The highest BCUT2D eigenvalue weighted by Gasteiger charge is 2.18. The highest BCUT2D eigenvalue weighted by molar-refractivity contribution is 7.89. The molecule has 0 aliphatic carbocycles. The SMILES string of the molecule is CCC(CC)CNS(=O)(=O)c1ccc(C)cc1Cl. The number of rotatable bonds is 6. The third-order valence-corrected chi connectivity index (χ3v) is 5.00. The molecule has 1 rings (SSSR count). The standard InChI is InChI=1S/C13H20ClNO2S/c1-4-11(5-2)9-15-18(16,17)13-7-6-10(3)8-12(13)14/h6-8,11,15H,4-5,9H2,1-3H3. The van der Waals surface area contributed by atoms with Crippen LogP contribution in [-0.4, -0.2) is 15.0 Å². The summed E-state index contributed by atoms with van der Waals surface area (Å²) in [4.78, 5) is 0.153. The second kappa shape index (κ2) is 6.55. The van der Waals surface area contributed by atoms with E-state index in [1.807, 2.05) is 6.92 Å². The minimum absolute atomic E-state index is 0.153. The van der Waals surface area contributed by atoms with E-state index < -0.39 is 10.0 Å². The van der Waals surface area contributed by atoms with Crippen molar-refractivity contribution in [3.8, 4) is 0 Å². The lowest BCUT2D eigenvalue weighted by atomic mass is 10.0. The van der Waals surface area contributed by atoms with Crippen LogP contribution in [0.2, 0.25) is 5.02 Å². The van der Waals surface area contributed by atoms with Gasteiger partial charge in [-0.2, -0.15) is 0 Å². The lowest BCUT2D eigenvalue weighted by Crippen LogP contribution is -2.29. The summed E-state index contributed by atoms with van der Waals surface area (Å²) in [5.74, 6) is 0.365. The van der Waals surface area contributed by atoms with Crippen molar-refractivity contribution in [3.05, 3.63) is 28.8 Å². The van der Waals surface area contributed by atoms with Crippen LogP contribution in [0.15, 0.2) is 23.1 Å². The highest BCUT2D eigenvalue weighted by Crippen LogP contribution is 2.22. The van der Waals surface area contributed by atoms with Crippen molar-refractivity contribution in [2.45, 2.75) is 38.5 Å². The molecule has 1 aromatic carbocycles. The molecule has 0 saturated heterocycles. The summed E-state index contributed by atoms with van der Waals surface area (Å²) in [6.45, 7) is 6.45. The molecule has 0 heterocycles. The zero-order valence-corrected chi connectivity index (χ0v) is 12.6. The maximum absolute atomic E-state index is 12.1. The minimum atomic E-state index is -3.50. The van der Waals surface area contributed by atoms with Crippen LogP contribution in [0, 0.1) is 12.8 Å². The first-order chi connectivity index (χ1) is 8.40. The van der Waals surface area contributed by atoms with E-state index in [1.165, 1.54) is 0 Å². The lowest BCUT2D eigenvalue weighted by molar-refractivity contribution is 0.479. The fourth-order valence-electron chi connectivity index (χ4n) is 1.71.